The molecule has 0 aromatic rings. The monoisotopic (exact) mass is 293 g/mol. The second kappa shape index (κ2) is 7.94. The van der Waals surface area contributed by atoms with Gasteiger partial charge >= 0.3 is 0 Å². The minimum atomic E-state index is 0.775. The molecule has 2 atom stereocenters. The molecule has 1 saturated carbocycles. The van der Waals surface area contributed by atoms with Crippen molar-refractivity contribution in [2.45, 2.75) is 82.8 Å². The van der Waals surface area contributed by atoms with Gasteiger partial charge in [-0.1, -0.05) is 19.8 Å². The minimum Gasteiger partial charge on any atom is -0.312 e. The lowest BCUT2D eigenvalue weighted by atomic mass is 9.97. The molecule has 0 aromatic carbocycles. The molecule has 3 fully saturated rings. The fourth-order valence-corrected chi connectivity index (χ4v) is 4.81. The standard InChI is InChI=1S/C18H35N3/c1-2-11-19-17-7-6-8-18(17)21-14-9-16(10-15-21)20-12-4-3-5-13-20/h16-19H,2-15H2,1H3. The van der Waals surface area contributed by atoms with E-state index in [0.717, 1.165) is 18.1 Å². The summed E-state index contributed by atoms with van der Waals surface area (Å²) in [5.41, 5.74) is 0. The highest BCUT2D eigenvalue weighted by molar-refractivity contribution is 4.93. The van der Waals surface area contributed by atoms with Crippen LogP contribution in [0.25, 0.3) is 0 Å². The van der Waals surface area contributed by atoms with Gasteiger partial charge in [-0.15, -0.1) is 0 Å². The molecule has 2 saturated heterocycles. The van der Waals surface area contributed by atoms with E-state index in [9.17, 15) is 0 Å². The Morgan fingerprint density at radius 3 is 2.29 bits per heavy atom. The van der Waals surface area contributed by atoms with Crippen molar-refractivity contribution < 1.29 is 0 Å². The summed E-state index contributed by atoms with van der Waals surface area (Å²) < 4.78 is 0. The molecule has 0 spiro atoms. The average Bonchev–Trinajstić information content (AvgIpc) is 3.02. The Morgan fingerprint density at radius 1 is 0.810 bits per heavy atom. The van der Waals surface area contributed by atoms with Crippen LogP contribution in [-0.4, -0.2) is 60.6 Å². The number of rotatable bonds is 5. The molecular formula is C18H35N3. The van der Waals surface area contributed by atoms with E-state index >= 15 is 0 Å². The van der Waals surface area contributed by atoms with E-state index in [2.05, 4.69) is 22.0 Å². The van der Waals surface area contributed by atoms with Crippen LogP contribution in [0.2, 0.25) is 0 Å². The normalized spacial score (nSPS) is 33.6. The van der Waals surface area contributed by atoms with Gasteiger partial charge in [0.05, 0.1) is 0 Å². The summed E-state index contributed by atoms with van der Waals surface area (Å²) in [4.78, 5) is 5.61. The van der Waals surface area contributed by atoms with E-state index in [1.807, 2.05) is 0 Å². The molecule has 2 aliphatic heterocycles. The molecular weight excluding hydrogens is 258 g/mol. The molecule has 0 aromatic heterocycles. The van der Waals surface area contributed by atoms with Gasteiger partial charge in [-0.2, -0.15) is 0 Å². The zero-order valence-corrected chi connectivity index (χ0v) is 14.0. The first kappa shape index (κ1) is 15.8. The van der Waals surface area contributed by atoms with E-state index in [4.69, 9.17) is 0 Å². The third-order valence-electron chi connectivity index (χ3n) is 6.01. The van der Waals surface area contributed by atoms with Gasteiger partial charge < -0.3 is 10.2 Å². The zero-order chi connectivity index (χ0) is 14.5. The average molecular weight is 293 g/mol. The van der Waals surface area contributed by atoms with E-state index < -0.39 is 0 Å². The number of piperidine rings is 2. The Labute approximate surface area is 131 Å². The van der Waals surface area contributed by atoms with Crippen LogP contribution in [0.4, 0.5) is 0 Å². The van der Waals surface area contributed by atoms with Crippen molar-refractivity contribution in [3.8, 4) is 0 Å². The number of nitrogens with zero attached hydrogens (tertiary/aromatic N) is 2. The summed E-state index contributed by atoms with van der Waals surface area (Å²) in [6.07, 6.45) is 12.7. The molecule has 0 bridgehead atoms. The first-order chi connectivity index (χ1) is 10.4. The first-order valence-electron chi connectivity index (χ1n) is 9.60. The van der Waals surface area contributed by atoms with Gasteiger partial charge in [0, 0.05) is 18.1 Å². The third-order valence-corrected chi connectivity index (χ3v) is 6.01. The predicted octanol–water partition coefficient (Wildman–Crippen LogP) is 2.86. The molecule has 122 valence electrons. The zero-order valence-electron chi connectivity index (χ0n) is 14.0. The fourth-order valence-electron chi connectivity index (χ4n) is 4.81. The Hall–Kier alpha value is -0.120. The van der Waals surface area contributed by atoms with Crippen LogP contribution in [0, 0.1) is 0 Å². The lowest BCUT2D eigenvalue weighted by Gasteiger charge is -2.43. The highest BCUT2D eigenvalue weighted by Crippen LogP contribution is 2.28. The van der Waals surface area contributed by atoms with E-state index in [-0.39, 0.29) is 0 Å². The van der Waals surface area contributed by atoms with Gasteiger partial charge in [0.15, 0.2) is 0 Å². The Bertz CT molecular complexity index is 293. The van der Waals surface area contributed by atoms with Crippen LogP contribution in [0.3, 0.4) is 0 Å². The molecule has 3 nitrogen and oxygen atoms in total. The maximum Gasteiger partial charge on any atom is 0.0249 e. The fraction of sp³-hybridized carbons (Fsp3) is 1.00. The summed E-state index contributed by atoms with van der Waals surface area (Å²) in [5, 5.41) is 3.80. The van der Waals surface area contributed by atoms with Crippen LogP contribution in [0.15, 0.2) is 0 Å². The summed E-state index contributed by atoms with van der Waals surface area (Å²) in [5.74, 6) is 0. The highest BCUT2D eigenvalue weighted by Gasteiger charge is 2.34. The van der Waals surface area contributed by atoms with Crippen LogP contribution in [-0.2, 0) is 0 Å². The lowest BCUT2D eigenvalue weighted by molar-refractivity contribution is 0.0666. The number of hydrogen-bond acceptors (Lipinski definition) is 3. The van der Waals surface area contributed by atoms with Crippen LogP contribution >= 0.6 is 0 Å². The van der Waals surface area contributed by atoms with Crippen molar-refractivity contribution in [1.82, 2.24) is 15.1 Å². The van der Waals surface area contributed by atoms with Crippen molar-refractivity contribution in [2.75, 3.05) is 32.7 Å². The second-order valence-corrected chi connectivity index (χ2v) is 7.42. The second-order valence-electron chi connectivity index (χ2n) is 7.42. The molecule has 21 heavy (non-hydrogen) atoms. The molecule has 3 heteroatoms. The lowest BCUT2D eigenvalue weighted by Crippen LogP contribution is -2.53. The molecule has 1 N–H and O–H groups in total. The van der Waals surface area contributed by atoms with Crippen molar-refractivity contribution in [3.63, 3.8) is 0 Å². The summed E-state index contributed by atoms with van der Waals surface area (Å²) in [6.45, 7) is 8.91. The Morgan fingerprint density at radius 2 is 1.57 bits per heavy atom. The van der Waals surface area contributed by atoms with E-state index in [1.54, 1.807) is 0 Å². The predicted molar refractivity (Wildman–Crippen MR) is 89.7 cm³/mol. The van der Waals surface area contributed by atoms with Gasteiger partial charge in [0.25, 0.3) is 0 Å². The van der Waals surface area contributed by atoms with Gasteiger partial charge in [-0.25, -0.2) is 0 Å². The molecule has 3 aliphatic rings. The number of likely N-dealkylation sites (tertiary alicyclic amines) is 2. The van der Waals surface area contributed by atoms with Crippen LogP contribution in [0.1, 0.15) is 64.7 Å². The molecule has 2 heterocycles. The van der Waals surface area contributed by atoms with Crippen LogP contribution in [0.5, 0.6) is 0 Å². The maximum atomic E-state index is 3.80. The molecule has 3 rings (SSSR count). The summed E-state index contributed by atoms with van der Waals surface area (Å²) >= 11 is 0. The topological polar surface area (TPSA) is 18.5 Å². The molecule has 0 amide bonds. The van der Waals surface area contributed by atoms with Gasteiger partial charge in [-0.05, 0) is 77.7 Å². The largest absolute Gasteiger partial charge is 0.312 e. The Kier molecular flexibility index (Phi) is 5.96. The first-order valence-corrected chi connectivity index (χ1v) is 9.60. The van der Waals surface area contributed by atoms with E-state index in [0.29, 0.717) is 0 Å². The van der Waals surface area contributed by atoms with Crippen LogP contribution < -0.4 is 5.32 Å². The molecule has 0 radical (unpaired) electrons. The quantitative estimate of drug-likeness (QED) is 0.841. The number of nitrogens with one attached hydrogen (secondary N) is 1. The van der Waals surface area contributed by atoms with Crippen molar-refractivity contribution in [1.29, 1.82) is 0 Å². The SMILES string of the molecule is CCCNC1CCCC1N1CCC(N2CCCCC2)CC1. The third kappa shape index (κ3) is 4.00. The summed E-state index contributed by atoms with van der Waals surface area (Å²) in [6, 6.07) is 2.50. The number of hydrogen-bond donors (Lipinski definition) is 1. The molecule has 1 aliphatic carbocycles. The van der Waals surface area contributed by atoms with Gasteiger partial charge in [0.1, 0.15) is 0 Å². The maximum absolute atomic E-state index is 3.80. The molecule has 2 unspecified atom stereocenters. The van der Waals surface area contributed by atoms with Crippen molar-refractivity contribution in [2.24, 2.45) is 0 Å². The highest BCUT2D eigenvalue weighted by atomic mass is 15.2. The van der Waals surface area contributed by atoms with Gasteiger partial charge in [0.2, 0.25) is 0 Å². The smallest absolute Gasteiger partial charge is 0.0249 e. The summed E-state index contributed by atoms with van der Waals surface area (Å²) in [7, 11) is 0. The van der Waals surface area contributed by atoms with E-state index in [1.165, 1.54) is 90.5 Å². The minimum absolute atomic E-state index is 0.775. The van der Waals surface area contributed by atoms with Crippen molar-refractivity contribution >= 4 is 0 Å². The van der Waals surface area contributed by atoms with Crippen molar-refractivity contribution in [3.05, 3.63) is 0 Å². The van der Waals surface area contributed by atoms with Gasteiger partial charge in [-0.3, -0.25) is 4.90 Å². The Balaban J connectivity index is 1.46.